The Kier molecular flexibility index (Phi) is 8.79. The zero-order valence-electron chi connectivity index (χ0n) is 18.4. The van der Waals surface area contributed by atoms with Gasteiger partial charge in [-0.15, -0.1) is 0 Å². The minimum atomic E-state index is -3.48. The molecule has 0 aromatic heterocycles. The lowest BCUT2D eigenvalue weighted by Crippen LogP contribution is -2.31. The maximum atomic E-state index is 12.7. The summed E-state index contributed by atoms with van der Waals surface area (Å²) >= 11 is 6.27. The van der Waals surface area contributed by atoms with Gasteiger partial charge < -0.3 is 9.64 Å². The first-order chi connectivity index (χ1) is 15.3. The van der Waals surface area contributed by atoms with Crippen molar-refractivity contribution in [2.45, 2.75) is 57.9 Å². The molecule has 3 amide bonds. The number of benzene rings is 1. The number of nitrogens with one attached hydrogen (secondary N) is 2. The number of ether oxygens (including phenoxy) is 1. The fourth-order valence-corrected chi connectivity index (χ4v) is 5.19. The van der Waals surface area contributed by atoms with Crippen LogP contribution in [-0.2, 0) is 14.8 Å². The highest BCUT2D eigenvalue weighted by Gasteiger charge is 2.26. The van der Waals surface area contributed by atoms with Crippen molar-refractivity contribution in [3.63, 3.8) is 0 Å². The maximum Gasteiger partial charge on any atom is 0.324 e. The molecule has 1 aromatic carbocycles. The standard InChI is InChI=1S/C22H32ClN3O5S/c1-2-6-19(17-9-10-18(23)20(13-17)31-15-16-7-8-16)25-32(29,30)12-5-3-4-11-26-14-21(27)24-22(26)28/h9-10,13,16,19,25H,2-8,11-12,14-15H2,1H3,(H,24,27,28). The number of amides is 3. The number of unbranched alkanes of at least 4 members (excludes halogenated alkanes) is 2. The molecule has 2 N–H and O–H groups in total. The van der Waals surface area contributed by atoms with E-state index in [-0.39, 0.29) is 30.3 Å². The third kappa shape index (κ3) is 7.64. The Bertz CT molecular complexity index is 920. The lowest BCUT2D eigenvalue weighted by atomic mass is 10.0. The molecule has 1 aromatic rings. The van der Waals surface area contributed by atoms with Crippen LogP contribution < -0.4 is 14.8 Å². The molecule has 0 spiro atoms. The van der Waals surface area contributed by atoms with Gasteiger partial charge in [0.1, 0.15) is 12.3 Å². The molecule has 2 aliphatic rings. The first-order valence-corrected chi connectivity index (χ1v) is 13.3. The zero-order chi connectivity index (χ0) is 23.1. The first-order valence-electron chi connectivity index (χ1n) is 11.3. The van der Waals surface area contributed by atoms with Gasteiger partial charge in [0.25, 0.3) is 0 Å². The van der Waals surface area contributed by atoms with E-state index in [9.17, 15) is 18.0 Å². The summed E-state index contributed by atoms with van der Waals surface area (Å²) in [7, 11) is -3.48. The Morgan fingerprint density at radius 3 is 2.69 bits per heavy atom. The topological polar surface area (TPSA) is 105 Å². The van der Waals surface area contributed by atoms with Crippen LogP contribution in [0.25, 0.3) is 0 Å². The number of halogens is 1. The summed E-state index contributed by atoms with van der Waals surface area (Å²) in [6, 6.07) is 4.73. The van der Waals surface area contributed by atoms with E-state index in [1.807, 2.05) is 19.1 Å². The normalized spacial score (nSPS) is 17.5. The lowest BCUT2D eigenvalue weighted by Gasteiger charge is -2.20. The largest absolute Gasteiger partial charge is 0.492 e. The number of hydrogen-bond acceptors (Lipinski definition) is 5. The summed E-state index contributed by atoms with van der Waals surface area (Å²) in [5, 5.41) is 2.76. The van der Waals surface area contributed by atoms with Gasteiger partial charge in [0.05, 0.1) is 17.4 Å². The predicted octanol–water partition coefficient (Wildman–Crippen LogP) is 3.61. The Labute approximate surface area is 195 Å². The summed E-state index contributed by atoms with van der Waals surface area (Å²) in [4.78, 5) is 24.1. The molecule has 1 atom stereocenters. The number of imide groups is 1. The monoisotopic (exact) mass is 485 g/mol. The highest BCUT2D eigenvalue weighted by Crippen LogP contribution is 2.34. The molecule has 32 heavy (non-hydrogen) atoms. The van der Waals surface area contributed by atoms with Gasteiger partial charge in [-0.05, 0) is 55.7 Å². The molecule has 8 nitrogen and oxygen atoms in total. The third-order valence-corrected chi connectivity index (χ3v) is 7.42. The van der Waals surface area contributed by atoms with Crippen molar-refractivity contribution in [2.24, 2.45) is 5.92 Å². The van der Waals surface area contributed by atoms with Crippen molar-refractivity contribution in [3.8, 4) is 5.75 Å². The van der Waals surface area contributed by atoms with Gasteiger partial charge >= 0.3 is 6.03 Å². The summed E-state index contributed by atoms with van der Waals surface area (Å²) in [6.45, 7) is 3.17. The zero-order valence-corrected chi connectivity index (χ0v) is 20.0. The van der Waals surface area contributed by atoms with Crippen LogP contribution in [0.15, 0.2) is 18.2 Å². The number of nitrogens with zero attached hydrogens (tertiary/aromatic N) is 1. The van der Waals surface area contributed by atoms with Crippen LogP contribution in [0.4, 0.5) is 4.79 Å². The quantitative estimate of drug-likeness (QED) is 0.309. The molecule has 1 heterocycles. The summed E-state index contributed by atoms with van der Waals surface area (Å²) < 4.78 is 34.1. The highest BCUT2D eigenvalue weighted by atomic mass is 35.5. The highest BCUT2D eigenvalue weighted by molar-refractivity contribution is 7.89. The molecular formula is C22H32ClN3O5S. The van der Waals surface area contributed by atoms with Crippen LogP contribution in [0, 0.1) is 5.92 Å². The number of rotatable bonds is 14. The molecule has 1 saturated heterocycles. The molecule has 2 fully saturated rings. The van der Waals surface area contributed by atoms with Crippen molar-refractivity contribution in [2.75, 3.05) is 25.4 Å². The Hall–Kier alpha value is -1.84. The molecule has 10 heteroatoms. The number of urea groups is 1. The molecule has 1 unspecified atom stereocenters. The Balaban J connectivity index is 1.49. The fourth-order valence-electron chi connectivity index (χ4n) is 3.63. The van der Waals surface area contributed by atoms with Gasteiger partial charge in [-0.25, -0.2) is 17.9 Å². The van der Waals surface area contributed by atoms with E-state index in [2.05, 4.69) is 10.0 Å². The molecule has 1 saturated carbocycles. The number of carbonyl (C=O) groups excluding carboxylic acids is 2. The fraction of sp³-hybridized carbons (Fsp3) is 0.636. The molecule has 178 valence electrons. The van der Waals surface area contributed by atoms with Crippen LogP contribution in [-0.4, -0.2) is 50.7 Å². The molecule has 0 radical (unpaired) electrons. The molecule has 3 rings (SSSR count). The van der Waals surface area contributed by atoms with Crippen molar-refractivity contribution < 1.29 is 22.7 Å². The second-order valence-corrected chi connectivity index (χ2v) is 10.8. The van der Waals surface area contributed by atoms with E-state index < -0.39 is 10.0 Å². The second kappa shape index (κ2) is 11.3. The van der Waals surface area contributed by atoms with Crippen LogP contribution in [0.1, 0.15) is 63.5 Å². The minimum absolute atomic E-state index is 0.0109. The van der Waals surface area contributed by atoms with Crippen LogP contribution in [0.2, 0.25) is 5.02 Å². The molecule has 1 aliphatic carbocycles. The summed E-state index contributed by atoms with van der Waals surface area (Å²) in [6.07, 6.45) is 5.63. The van der Waals surface area contributed by atoms with Gasteiger partial charge in [-0.1, -0.05) is 37.4 Å². The van der Waals surface area contributed by atoms with Gasteiger partial charge in [0.15, 0.2) is 0 Å². The van der Waals surface area contributed by atoms with E-state index in [0.717, 1.165) is 12.0 Å². The molecular weight excluding hydrogens is 454 g/mol. The third-order valence-electron chi connectivity index (χ3n) is 5.64. The van der Waals surface area contributed by atoms with Crippen molar-refractivity contribution in [3.05, 3.63) is 28.8 Å². The second-order valence-electron chi connectivity index (χ2n) is 8.56. The summed E-state index contributed by atoms with van der Waals surface area (Å²) in [5.74, 6) is 0.907. The van der Waals surface area contributed by atoms with E-state index in [1.54, 1.807) is 6.07 Å². The van der Waals surface area contributed by atoms with E-state index in [4.69, 9.17) is 16.3 Å². The Morgan fingerprint density at radius 2 is 2.03 bits per heavy atom. The number of hydrogen-bond donors (Lipinski definition) is 2. The van der Waals surface area contributed by atoms with Crippen LogP contribution in [0.3, 0.4) is 0 Å². The van der Waals surface area contributed by atoms with Crippen molar-refractivity contribution in [1.29, 1.82) is 0 Å². The van der Waals surface area contributed by atoms with Gasteiger partial charge in [0.2, 0.25) is 15.9 Å². The van der Waals surface area contributed by atoms with Gasteiger partial charge in [-0.2, -0.15) is 0 Å². The predicted molar refractivity (Wildman–Crippen MR) is 123 cm³/mol. The average Bonchev–Trinajstić information content (AvgIpc) is 3.50. The van der Waals surface area contributed by atoms with Crippen molar-refractivity contribution >= 4 is 33.6 Å². The smallest absolute Gasteiger partial charge is 0.324 e. The van der Waals surface area contributed by atoms with Gasteiger partial charge in [0, 0.05) is 12.6 Å². The van der Waals surface area contributed by atoms with Crippen LogP contribution in [0.5, 0.6) is 5.75 Å². The van der Waals surface area contributed by atoms with Gasteiger partial charge in [-0.3, -0.25) is 10.1 Å². The maximum absolute atomic E-state index is 12.7. The van der Waals surface area contributed by atoms with E-state index in [1.165, 1.54) is 17.7 Å². The average molecular weight is 486 g/mol. The summed E-state index contributed by atoms with van der Waals surface area (Å²) in [5.41, 5.74) is 0.843. The SMILES string of the molecule is CCCC(NS(=O)(=O)CCCCCN1CC(=O)NC1=O)c1ccc(Cl)c(OCC2CC2)c1. The first kappa shape index (κ1) is 24.8. The number of sulfonamides is 1. The number of carbonyl (C=O) groups is 2. The van der Waals surface area contributed by atoms with E-state index >= 15 is 0 Å². The minimum Gasteiger partial charge on any atom is -0.492 e. The van der Waals surface area contributed by atoms with Crippen LogP contribution >= 0.6 is 11.6 Å². The van der Waals surface area contributed by atoms with E-state index in [0.29, 0.717) is 55.5 Å². The van der Waals surface area contributed by atoms with Crippen molar-refractivity contribution in [1.82, 2.24) is 14.9 Å². The molecule has 1 aliphatic heterocycles. The lowest BCUT2D eigenvalue weighted by molar-refractivity contribution is -0.118. The molecule has 0 bridgehead atoms. The Morgan fingerprint density at radius 1 is 1.25 bits per heavy atom.